The smallest absolute Gasteiger partial charge is 0.340 e. The van der Waals surface area contributed by atoms with Gasteiger partial charge in [-0.05, 0) is 86.2 Å². The minimum Gasteiger partial charge on any atom is -0.456 e. The number of unbranched alkanes of at least 4 members (excludes halogenated alkanes) is 2. The molecule has 0 radical (unpaired) electrons. The van der Waals surface area contributed by atoms with Crippen molar-refractivity contribution >= 4 is 23.0 Å². The topological polar surface area (TPSA) is 50.8 Å². The van der Waals surface area contributed by atoms with E-state index in [0.717, 1.165) is 71.0 Å². The highest BCUT2D eigenvalue weighted by atomic mass is 16.6. The van der Waals surface area contributed by atoms with Gasteiger partial charge in [0.25, 0.3) is 0 Å². The largest absolute Gasteiger partial charge is 0.456 e. The molecular weight excluding hydrogens is 532 g/mol. The predicted octanol–water partition coefficient (Wildman–Crippen LogP) is 9.66. The van der Waals surface area contributed by atoms with Crippen molar-refractivity contribution in [3.05, 3.63) is 112 Å². The van der Waals surface area contributed by atoms with E-state index in [4.69, 9.17) is 9.47 Å². The first-order valence-corrected chi connectivity index (χ1v) is 15.7. The maximum absolute atomic E-state index is 13.4. The molecule has 5 heteroatoms. The van der Waals surface area contributed by atoms with Gasteiger partial charge in [0.2, 0.25) is 0 Å². The summed E-state index contributed by atoms with van der Waals surface area (Å²) in [5.74, 6) is 1.75. The SMILES string of the molecule is CCCCCN(CCC(C)C)c1ccc2c(c1)Oc1cc(C)c(Nc3cccc(C)c3)cc1C21OC(=O)c2ccccc21. The van der Waals surface area contributed by atoms with Crippen molar-refractivity contribution in [1.29, 1.82) is 0 Å². The van der Waals surface area contributed by atoms with Gasteiger partial charge in [-0.15, -0.1) is 0 Å². The minimum absolute atomic E-state index is 0.314. The molecule has 2 heterocycles. The molecule has 1 spiro atoms. The summed E-state index contributed by atoms with van der Waals surface area (Å²) in [6.45, 7) is 13.0. The molecule has 0 bridgehead atoms. The molecule has 4 aromatic carbocycles. The van der Waals surface area contributed by atoms with Gasteiger partial charge in [-0.1, -0.05) is 63.9 Å². The Balaban J connectivity index is 1.48. The van der Waals surface area contributed by atoms with E-state index >= 15 is 0 Å². The van der Waals surface area contributed by atoms with E-state index in [1.807, 2.05) is 30.3 Å². The van der Waals surface area contributed by atoms with Gasteiger partial charge in [0, 0.05) is 52.9 Å². The van der Waals surface area contributed by atoms with Crippen LogP contribution >= 0.6 is 0 Å². The number of rotatable bonds is 10. The van der Waals surface area contributed by atoms with Gasteiger partial charge < -0.3 is 19.7 Å². The molecule has 6 rings (SSSR count). The van der Waals surface area contributed by atoms with Crippen molar-refractivity contribution in [2.24, 2.45) is 5.92 Å². The summed E-state index contributed by atoms with van der Waals surface area (Å²) in [7, 11) is 0. The Morgan fingerprint density at radius 3 is 2.44 bits per heavy atom. The summed E-state index contributed by atoms with van der Waals surface area (Å²) in [5, 5.41) is 3.60. The van der Waals surface area contributed by atoms with Crippen LogP contribution in [0.15, 0.2) is 78.9 Å². The Morgan fingerprint density at radius 2 is 1.65 bits per heavy atom. The van der Waals surface area contributed by atoms with Crippen molar-refractivity contribution in [3.63, 3.8) is 0 Å². The fourth-order valence-corrected chi connectivity index (χ4v) is 6.35. The molecule has 5 nitrogen and oxygen atoms in total. The molecule has 0 saturated heterocycles. The maximum atomic E-state index is 13.4. The van der Waals surface area contributed by atoms with E-state index in [2.05, 4.69) is 93.4 Å². The van der Waals surface area contributed by atoms with Crippen LogP contribution in [0.1, 0.15) is 84.6 Å². The van der Waals surface area contributed by atoms with Crippen LogP contribution in [0.2, 0.25) is 0 Å². The van der Waals surface area contributed by atoms with E-state index in [9.17, 15) is 4.79 Å². The summed E-state index contributed by atoms with van der Waals surface area (Å²) < 4.78 is 13.2. The van der Waals surface area contributed by atoms with Crippen molar-refractivity contribution in [3.8, 4) is 11.5 Å². The number of hydrogen-bond donors (Lipinski definition) is 1. The lowest BCUT2D eigenvalue weighted by atomic mass is 9.77. The number of hydrogen-bond acceptors (Lipinski definition) is 5. The number of aryl methyl sites for hydroxylation is 2. The van der Waals surface area contributed by atoms with Crippen LogP contribution in [0.3, 0.4) is 0 Å². The van der Waals surface area contributed by atoms with Gasteiger partial charge in [-0.25, -0.2) is 4.79 Å². The van der Waals surface area contributed by atoms with E-state index in [-0.39, 0.29) is 5.97 Å². The first-order chi connectivity index (χ1) is 20.8. The van der Waals surface area contributed by atoms with E-state index in [1.54, 1.807) is 0 Å². The maximum Gasteiger partial charge on any atom is 0.340 e. The molecule has 4 aromatic rings. The molecule has 1 atom stereocenters. The summed E-state index contributed by atoms with van der Waals surface area (Å²) in [5.41, 5.74) is 7.34. The molecule has 43 heavy (non-hydrogen) atoms. The molecule has 1 unspecified atom stereocenters. The zero-order valence-corrected chi connectivity index (χ0v) is 26.0. The number of fused-ring (bicyclic) bond motifs is 6. The number of carbonyl (C=O) groups is 1. The Hall–Kier alpha value is -4.25. The monoisotopic (exact) mass is 574 g/mol. The summed E-state index contributed by atoms with van der Waals surface area (Å²) in [4.78, 5) is 15.9. The molecule has 0 fully saturated rings. The third-order valence-corrected chi connectivity index (χ3v) is 8.71. The van der Waals surface area contributed by atoms with Gasteiger partial charge in [-0.2, -0.15) is 0 Å². The van der Waals surface area contributed by atoms with Gasteiger partial charge in [0.1, 0.15) is 11.5 Å². The highest BCUT2D eigenvalue weighted by molar-refractivity contribution is 5.97. The van der Waals surface area contributed by atoms with Crippen LogP contribution in [0.25, 0.3) is 0 Å². The summed E-state index contributed by atoms with van der Waals surface area (Å²) in [6.07, 6.45) is 4.68. The molecule has 1 N–H and O–H groups in total. The normalized spacial score (nSPS) is 16.4. The molecule has 0 aliphatic carbocycles. The number of nitrogens with zero attached hydrogens (tertiary/aromatic N) is 1. The third kappa shape index (κ3) is 5.37. The Bertz CT molecular complexity index is 1660. The lowest BCUT2D eigenvalue weighted by Gasteiger charge is -2.38. The Kier molecular flexibility index (Phi) is 7.91. The van der Waals surface area contributed by atoms with Crippen LogP contribution in [-0.2, 0) is 10.3 Å². The molecule has 2 aliphatic rings. The van der Waals surface area contributed by atoms with Crippen LogP contribution in [0.5, 0.6) is 11.5 Å². The van der Waals surface area contributed by atoms with Crippen molar-refractivity contribution in [1.82, 2.24) is 0 Å². The van der Waals surface area contributed by atoms with E-state index in [0.29, 0.717) is 17.2 Å². The number of esters is 1. The molecule has 0 aromatic heterocycles. The van der Waals surface area contributed by atoms with Crippen LogP contribution in [0.4, 0.5) is 17.1 Å². The minimum atomic E-state index is -1.10. The molecule has 2 aliphatic heterocycles. The first-order valence-electron chi connectivity index (χ1n) is 15.7. The standard InChI is InChI=1S/C38H42N2O3/c1-6-7-10-19-40(20-18-25(2)3)29-16-17-32-36(23-29)42-35-22-27(5)34(39-28-13-11-12-26(4)21-28)24-33(35)38(32)31-15-9-8-14-30(31)37(41)43-38/h8-9,11-17,21-25,39H,6-7,10,18-20H2,1-5H3. The number of benzene rings is 4. The molecule has 0 amide bonds. The van der Waals surface area contributed by atoms with Gasteiger partial charge in [0.05, 0.1) is 5.56 Å². The number of carbonyl (C=O) groups excluding carboxylic acids is 1. The van der Waals surface area contributed by atoms with Gasteiger partial charge in [0.15, 0.2) is 5.60 Å². The highest BCUT2D eigenvalue weighted by Gasteiger charge is 2.53. The zero-order valence-electron chi connectivity index (χ0n) is 26.0. The Labute approximate surface area is 255 Å². The summed E-state index contributed by atoms with van der Waals surface area (Å²) in [6, 6.07) is 26.7. The van der Waals surface area contributed by atoms with E-state index < -0.39 is 5.60 Å². The van der Waals surface area contributed by atoms with E-state index in [1.165, 1.54) is 18.4 Å². The summed E-state index contributed by atoms with van der Waals surface area (Å²) >= 11 is 0. The molecular formula is C38H42N2O3. The Morgan fingerprint density at radius 1 is 0.837 bits per heavy atom. The molecule has 0 saturated carbocycles. The second kappa shape index (κ2) is 11.8. The molecule has 222 valence electrons. The lowest BCUT2D eigenvalue weighted by molar-refractivity contribution is 0.0224. The first kappa shape index (κ1) is 28.9. The fraction of sp³-hybridized carbons (Fsp3) is 0.342. The number of nitrogens with one attached hydrogen (secondary N) is 1. The van der Waals surface area contributed by atoms with Crippen molar-refractivity contribution < 1.29 is 14.3 Å². The third-order valence-electron chi connectivity index (χ3n) is 8.71. The van der Waals surface area contributed by atoms with Gasteiger partial charge >= 0.3 is 5.97 Å². The van der Waals surface area contributed by atoms with Crippen LogP contribution in [0, 0.1) is 19.8 Å². The van der Waals surface area contributed by atoms with Crippen LogP contribution in [-0.4, -0.2) is 19.1 Å². The number of ether oxygens (including phenoxy) is 2. The van der Waals surface area contributed by atoms with Gasteiger partial charge in [-0.3, -0.25) is 0 Å². The second-order valence-corrected chi connectivity index (χ2v) is 12.4. The lowest BCUT2D eigenvalue weighted by Crippen LogP contribution is -2.33. The average molecular weight is 575 g/mol. The van der Waals surface area contributed by atoms with Crippen molar-refractivity contribution in [2.45, 2.75) is 65.9 Å². The van der Waals surface area contributed by atoms with Crippen LogP contribution < -0.4 is 15.0 Å². The predicted molar refractivity (Wildman–Crippen MR) is 175 cm³/mol. The second-order valence-electron chi connectivity index (χ2n) is 12.4. The zero-order chi connectivity index (χ0) is 30.1. The fourth-order valence-electron chi connectivity index (χ4n) is 6.35. The number of anilines is 3. The average Bonchev–Trinajstić information content (AvgIpc) is 3.28. The van der Waals surface area contributed by atoms with Crippen molar-refractivity contribution in [2.75, 3.05) is 23.3 Å². The highest BCUT2D eigenvalue weighted by Crippen LogP contribution is 2.57. The quantitative estimate of drug-likeness (QED) is 0.151.